The fourth-order valence-electron chi connectivity index (χ4n) is 1.03. The molecule has 0 saturated heterocycles. The summed E-state index contributed by atoms with van der Waals surface area (Å²) < 4.78 is 0. The molecule has 72 valence electrons. The highest BCUT2D eigenvalue weighted by Gasteiger charge is 1.95. The summed E-state index contributed by atoms with van der Waals surface area (Å²) in [4.78, 5) is 4.15. The lowest BCUT2D eigenvalue weighted by atomic mass is 10.1. The average Bonchev–Trinajstić information content (AvgIpc) is 2.03. The standard InChI is InChI=1S/C10H17N3/c1-8(2)3-5-12-10-7-9(11)4-6-13-10/h4,6-8H,3,5H2,1-2H3,(H3,11,12,13). The fraction of sp³-hybridized carbons (Fsp3) is 0.500. The summed E-state index contributed by atoms with van der Waals surface area (Å²) in [5.41, 5.74) is 6.36. The zero-order valence-corrected chi connectivity index (χ0v) is 8.25. The molecule has 13 heavy (non-hydrogen) atoms. The van der Waals surface area contributed by atoms with Crippen molar-refractivity contribution in [3.8, 4) is 0 Å². The lowest BCUT2D eigenvalue weighted by Crippen LogP contribution is -2.06. The normalized spacial score (nSPS) is 10.4. The van der Waals surface area contributed by atoms with E-state index < -0.39 is 0 Å². The number of nitrogens with one attached hydrogen (secondary N) is 1. The van der Waals surface area contributed by atoms with Crippen molar-refractivity contribution < 1.29 is 0 Å². The maximum atomic E-state index is 5.61. The van der Waals surface area contributed by atoms with Gasteiger partial charge >= 0.3 is 0 Å². The second kappa shape index (κ2) is 4.70. The van der Waals surface area contributed by atoms with Gasteiger partial charge in [0.2, 0.25) is 0 Å². The number of hydrogen-bond acceptors (Lipinski definition) is 3. The highest BCUT2D eigenvalue weighted by atomic mass is 15.0. The van der Waals surface area contributed by atoms with Gasteiger partial charge in [0.25, 0.3) is 0 Å². The van der Waals surface area contributed by atoms with Gasteiger partial charge in [-0.1, -0.05) is 13.8 Å². The summed E-state index contributed by atoms with van der Waals surface area (Å²) >= 11 is 0. The number of nitrogen functional groups attached to an aromatic ring is 1. The van der Waals surface area contributed by atoms with Crippen LogP contribution in [0.3, 0.4) is 0 Å². The molecule has 0 atom stereocenters. The van der Waals surface area contributed by atoms with Gasteiger partial charge in [-0.05, 0) is 18.4 Å². The van der Waals surface area contributed by atoms with E-state index in [9.17, 15) is 0 Å². The Balaban J connectivity index is 2.37. The zero-order chi connectivity index (χ0) is 9.68. The Morgan fingerprint density at radius 1 is 1.54 bits per heavy atom. The zero-order valence-electron chi connectivity index (χ0n) is 8.25. The van der Waals surface area contributed by atoms with Crippen LogP contribution in [0.15, 0.2) is 18.3 Å². The van der Waals surface area contributed by atoms with Crippen LogP contribution in [0.5, 0.6) is 0 Å². The first-order chi connectivity index (χ1) is 6.18. The van der Waals surface area contributed by atoms with E-state index >= 15 is 0 Å². The van der Waals surface area contributed by atoms with Gasteiger partial charge in [0.05, 0.1) is 0 Å². The number of anilines is 2. The third kappa shape index (κ3) is 3.78. The summed E-state index contributed by atoms with van der Waals surface area (Å²) in [6.45, 7) is 5.36. The van der Waals surface area contributed by atoms with Gasteiger partial charge in [-0.2, -0.15) is 0 Å². The second-order valence-corrected chi connectivity index (χ2v) is 3.58. The minimum atomic E-state index is 0.716. The van der Waals surface area contributed by atoms with E-state index in [4.69, 9.17) is 5.73 Å². The molecule has 0 aliphatic rings. The SMILES string of the molecule is CC(C)CCNc1cc(N)ccn1. The second-order valence-electron chi connectivity index (χ2n) is 3.58. The predicted molar refractivity (Wildman–Crippen MR) is 56.6 cm³/mol. The van der Waals surface area contributed by atoms with Crippen molar-refractivity contribution in [2.75, 3.05) is 17.6 Å². The molecule has 0 aliphatic carbocycles. The Labute approximate surface area is 79.4 Å². The highest BCUT2D eigenvalue weighted by Crippen LogP contribution is 2.08. The minimum absolute atomic E-state index is 0.716. The Morgan fingerprint density at radius 3 is 2.92 bits per heavy atom. The molecule has 3 nitrogen and oxygen atoms in total. The molecule has 1 aromatic heterocycles. The van der Waals surface area contributed by atoms with Crippen molar-refractivity contribution in [1.82, 2.24) is 4.98 Å². The van der Waals surface area contributed by atoms with Crippen LogP contribution in [0.2, 0.25) is 0 Å². The van der Waals surface area contributed by atoms with Crippen LogP contribution >= 0.6 is 0 Å². The van der Waals surface area contributed by atoms with Gasteiger partial charge in [0.15, 0.2) is 0 Å². The van der Waals surface area contributed by atoms with Crippen molar-refractivity contribution in [2.24, 2.45) is 5.92 Å². The molecular formula is C10H17N3. The number of nitrogens with two attached hydrogens (primary N) is 1. The first-order valence-corrected chi connectivity index (χ1v) is 4.64. The van der Waals surface area contributed by atoms with Crippen LogP contribution in [-0.2, 0) is 0 Å². The van der Waals surface area contributed by atoms with E-state index in [1.807, 2.05) is 6.07 Å². The van der Waals surface area contributed by atoms with Crippen LogP contribution in [0.25, 0.3) is 0 Å². The molecule has 3 heteroatoms. The molecule has 0 amide bonds. The van der Waals surface area contributed by atoms with E-state index in [1.165, 1.54) is 0 Å². The molecule has 0 unspecified atom stereocenters. The Morgan fingerprint density at radius 2 is 2.31 bits per heavy atom. The number of nitrogens with zero attached hydrogens (tertiary/aromatic N) is 1. The number of rotatable bonds is 4. The van der Waals surface area contributed by atoms with E-state index in [0.717, 1.165) is 24.5 Å². The topological polar surface area (TPSA) is 50.9 Å². The molecule has 1 rings (SSSR count). The molecule has 0 fully saturated rings. The maximum absolute atomic E-state index is 5.61. The predicted octanol–water partition coefficient (Wildman–Crippen LogP) is 2.12. The number of aromatic nitrogens is 1. The summed E-state index contributed by atoms with van der Waals surface area (Å²) in [5.74, 6) is 1.58. The molecule has 0 spiro atoms. The third-order valence-electron chi connectivity index (χ3n) is 1.81. The quantitative estimate of drug-likeness (QED) is 0.744. The Bertz CT molecular complexity index is 258. The van der Waals surface area contributed by atoms with Gasteiger partial charge in [-0.3, -0.25) is 0 Å². The van der Waals surface area contributed by atoms with Crippen molar-refractivity contribution in [1.29, 1.82) is 0 Å². The van der Waals surface area contributed by atoms with Crippen LogP contribution in [0, 0.1) is 5.92 Å². The molecule has 1 heterocycles. The molecule has 3 N–H and O–H groups in total. The molecule has 0 saturated carbocycles. The van der Waals surface area contributed by atoms with E-state index in [-0.39, 0.29) is 0 Å². The van der Waals surface area contributed by atoms with Gasteiger partial charge in [-0.25, -0.2) is 4.98 Å². The van der Waals surface area contributed by atoms with Gasteiger partial charge in [0, 0.05) is 24.5 Å². The lowest BCUT2D eigenvalue weighted by Gasteiger charge is -2.07. The minimum Gasteiger partial charge on any atom is -0.399 e. The van der Waals surface area contributed by atoms with Crippen LogP contribution < -0.4 is 11.1 Å². The Kier molecular flexibility index (Phi) is 3.55. The lowest BCUT2D eigenvalue weighted by molar-refractivity contribution is 0.606. The molecule has 0 aliphatic heterocycles. The van der Waals surface area contributed by atoms with E-state index in [1.54, 1.807) is 12.3 Å². The van der Waals surface area contributed by atoms with Gasteiger partial charge < -0.3 is 11.1 Å². The molecule has 0 bridgehead atoms. The van der Waals surface area contributed by atoms with Crippen molar-refractivity contribution >= 4 is 11.5 Å². The van der Waals surface area contributed by atoms with E-state index in [0.29, 0.717) is 5.92 Å². The molecule has 1 aromatic rings. The monoisotopic (exact) mass is 179 g/mol. The average molecular weight is 179 g/mol. The number of hydrogen-bond donors (Lipinski definition) is 2. The summed E-state index contributed by atoms with van der Waals surface area (Å²) in [6.07, 6.45) is 2.86. The smallest absolute Gasteiger partial charge is 0.127 e. The summed E-state index contributed by atoms with van der Waals surface area (Å²) in [5, 5.41) is 3.23. The van der Waals surface area contributed by atoms with Crippen molar-refractivity contribution in [3.05, 3.63) is 18.3 Å². The van der Waals surface area contributed by atoms with Crippen LogP contribution in [0.4, 0.5) is 11.5 Å². The maximum Gasteiger partial charge on any atom is 0.127 e. The molecule has 0 radical (unpaired) electrons. The third-order valence-corrected chi connectivity index (χ3v) is 1.81. The first kappa shape index (κ1) is 9.84. The fourth-order valence-corrected chi connectivity index (χ4v) is 1.03. The van der Waals surface area contributed by atoms with Gasteiger partial charge in [0.1, 0.15) is 5.82 Å². The first-order valence-electron chi connectivity index (χ1n) is 4.64. The highest BCUT2D eigenvalue weighted by molar-refractivity contribution is 5.48. The summed E-state index contributed by atoms with van der Waals surface area (Å²) in [7, 11) is 0. The Hall–Kier alpha value is -1.25. The number of pyridine rings is 1. The largest absolute Gasteiger partial charge is 0.399 e. The van der Waals surface area contributed by atoms with Crippen LogP contribution in [-0.4, -0.2) is 11.5 Å². The molecular weight excluding hydrogens is 162 g/mol. The molecule has 0 aromatic carbocycles. The van der Waals surface area contributed by atoms with Gasteiger partial charge in [-0.15, -0.1) is 0 Å². The van der Waals surface area contributed by atoms with Crippen LogP contribution in [0.1, 0.15) is 20.3 Å². The summed E-state index contributed by atoms with van der Waals surface area (Å²) in [6, 6.07) is 3.63. The van der Waals surface area contributed by atoms with Crippen molar-refractivity contribution in [2.45, 2.75) is 20.3 Å². The van der Waals surface area contributed by atoms with E-state index in [2.05, 4.69) is 24.1 Å². The van der Waals surface area contributed by atoms with Crippen molar-refractivity contribution in [3.63, 3.8) is 0 Å².